The van der Waals surface area contributed by atoms with Crippen LogP contribution in [0.15, 0.2) is 18.3 Å². The first-order valence-corrected chi connectivity index (χ1v) is 5.58. The maximum Gasteiger partial charge on any atom is 0.254 e. The molecular weight excluding hydrogens is 216 g/mol. The maximum atomic E-state index is 11.7. The first kappa shape index (κ1) is 13.4. The van der Waals surface area contributed by atoms with E-state index in [4.69, 9.17) is 5.73 Å². The summed E-state index contributed by atoms with van der Waals surface area (Å²) >= 11 is 0. The quantitative estimate of drug-likeness (QED) is 0.830. The van der Waals surface area contributed by atoms with Crippen LogP contribution in [0.3, 0.4) is 0 Å². The van der Waals surface area contributed by atoms with Crippen molar-refractivity contribution in [3.63, 3.8) is 0 Å². The van der Waals surface area contributed by atoms with E-state index in [1.807, 2.05) is 24.9 Å². The smallest absolute Gasteiger partial charge is 0.254 e. The second-order valence-electron chi connectivity index (χ2n) is 4.30. The van der Waals surface area contributed by atoms with Crippen molar-refractivity contribution in [1.29, 1.82) is 0 Å². The lowest BCUT2D eigenvalue weighted by Gasteiger charge is -2.24. The normalized spacial score (nSPS) is 12.1. The van der Waals surface area contributed by atoms with Gasteiger partial charge in [0.05, 0.1) is 5.56 Å². The van der Waals surface area contributed by atoms with Crippen molar-refractivity contribution in [2.75, 3.05) is 32.6 Å². The van der Waals surface area contributed by atoms with Crippen molar-refractivity contribution < 1.29 is 4.79 Å². The van der Waals surface area contributed by atoms with Crippen molar-refractivity contribution in [3.05, 3.63) is 23.9 Å². The van der Waals surface area contributed by atoms with Gasteiger partial charge >= 0.3 is 0 Å². The Labute approximate surface area is 102 Å². The standard InChI is InChI=1S/C12H20N4O/c1-9(7-13)16(4)11-6-5-10(8-14-11)12(17)15(2)3/h5-6,8-9H,7,13H2,1-4H3. The van der Waals surface area contributed by atoms with E-state index in [1.165, 1.54) is 4.90 Å². The van der Waals surface area contributed by atoms with Crippen LogP contribution in [-0.4, -0.2) is 49.5 Å². The Kier molecular flexibility index (Phi) is 4.45. The zero-order valence-corrected chi connectivity index (χ0v) is 10.8. The molecule has 0 radical (unpaired) electrons. The molecule has 0 aliphatic rings. The summed E-state index contributed by atoms with van der Waals surface area (Å²) in [6, 6.07) is 3.84. The van der Waals surface area contributed by atoms with Gasteiger partial charge in [-0.2, -0.15) is 0 Å². The van der Waals surface area contributed by atoms with Gasteiger partial charge in [0.25, 0.3) is 5.91 Å². The summed E-state index contributed by atoms with van der Waals surface area (Å²) in [5, 5.41) is 0. The van der Waals surface area contributed by atoms with Crippen LogP contribution in [-0.2, 0) is 0 Å². The van der Waals surface area contributed by atoms with Crippen LogP contribution < -0.4 is 10.6 Å². The molecule has 5 heteroatoms. The highest BCUT2D eigenvalue weighted by molar-refractivity contribution is 5.93. The average Bonchev–Trinajstić information content (AvgIpc) is 2.36. The van der Waals surface area contributed by atoms with E-state index in [9.17, 15) is 4.79 Å². The summed E-state index contributed by atoms with van der Waals surface area (Å²) in [4.78, 5) is 19.5. The first-order chi connectivity index (χ1) is 7.97. The van der Waals surface area contributed by atoms with E-state index >= 15 is 0 Å². The third kappa shape index (κ3) is 3.17. The highest BCUT2D eigenvalue weighted by atomic mass is 16.2. The monoisotopic (exact) mass is 236 g/mol. The minimum atomic E-state index is -0.0430. The Morgan fingerprint density at radius 1 is 1.41 bits per heavy atom. The molecule has 17 heavy (non-hydrogen) atoms. The van der Waals surface area contributed by atoms with Crippen LogP contribution in [0, 0.1) is 0 Å². The summed E-state index contributed by atoms with van der Waals surface area (Å²) in [7, 11) is 5.38. The molecule has 5 nitrogen and oxygen atoms in total. The topological polar surface area (TPSA) is 62.5 Å². The third-order valence-corrected chi connectivity index (χ3v) is 2.76. The Morgan fingerprint density at radius 3 is 2.47 bits per heavy atom. The van der Waals surface area contributed by atoms with E-state index in [2.05, 4.69) is 4.98 Å². The van der Waals surface area contributed by atoms with Gasteiger partial charge in [0.15, 0.2) is 0 Å². The first-order valence-electron chi connectivity index (χ1n) is 5.58. The molecular formula is C12H20N4O. The molecule has 0 aliphatic carbocycles. The van der Waals surface area contributed by atoms with E-state index < -0.39 is 0 Å². The molecule has 0 bridgehead atoms. The molecule has 1 heterocycles. The number of rotatable bonds is 4. The van der Waals surface area contributed by atoms with Gasteiger partial charge in [0.1, 0.15) is 5.82 Å². The molecule has 0 fully saturated rings. The van der Waals surface area contributed by atoms with Crippen molar-refractivity contribution in [3.8, 4) is 0 Å². The van der Waals surface area contributed by atoms with E-state index in [0.717, 1.165) is 5.82 Å². The van der Waals surface area contributed by atoms with Crippen LogP contribution in [0.1, 0.15) is 17.3 Å². The van der Waals surface area contributed by atoms with Crippen LogP contribution in [0.5, 0.6) is 0 Å². The molecule has 0 spiro atoms. The van der Waals surface area contributed by atoms with Gasteiger partial charge in [-0.1, -0.05) is 0 Å². The molecule has 0 aromatic carbocycles. The highest BCUT2D eigenvalue weighted by Gasteiger charge is 2.12. The van der Waals surface area contributed by atoms with Crippen molar-refractivity contribution in [2.45, 2.75) is 13.0 Å². The average molecular weight is 236 g/mol. The fraction of sp³-hybridized carbons (Fsp3) is 0.500. The van der Waals surface area contributed by atoms with Gasteiger partial charge in [-0.15, -0.1) is 0 Å². The Morgan fingerprint density at radius 2 is 2.06 bits per heavy atom. The number of anilines is 1. The minimum Gasteiger partial charge on any atom is -0.356 e. The molecule has 1 aromatic heterocycles. The zero-order chi connectivity index (χ0) is 13.0. The fourth-order valence-corrected chi connectivity index (χ4v) is 1.36. The van der Waals surface area contributed by atoms with E-state index in [-0.39, 0.29) is 11.9 Å². The molecule has 1 aromatic rings. The number of aromatic nitrogens is 1. The number of pyridine rings is 1. The number of carbonyl (C=O) groups is 1. The van der Waals surface area contributed by atoms with Crippen LogP contribution in [0.4, 0.5) is 5.82 Å². The van der Waals surface area contributed by atoms with Crippen LogP contribution in [0.2, 0.25) is 0 Å². The summed E-state index contributed by atoms with van der Waals surface area (Å²) in [6.07, 6.45) is 1.59. The number of nitrogens with zero attached hydrogens (tertiary/aromatic N) is 3. The van der Waals surface area contributed by atoms with Crippen molar-refractivity contribution >= 4 is 11.7 Å². The molecule has 1 rings (SSSR count). The molecule has 0 saturated heterocycles. The number of carbonyl (C=O) groups excluding carboxylic acids is 1. The lowest BCUT2D eigenvalue weighted by atomic mass is 10.2. The van der Waals surface area contributed by atoms with Crippen LogP contribution in [0.25, 0.3) is 0 Å². The number of nitrogens with two attached hydrogens (primary N) is 1. The lowest BCUT2D eigenvalue weighted by Crippen LogP contribution is -2.35. The molecule has 0 aliphatic heterocycles. The van der Waals surface area contributed by atoms with E-state index in [0.29, 0.717) is 12.1 Å². The number of amides is 1. The predicted molar refractivity (Wildman–Crippen MR) is 69.2 cm³/mol. The van der Waals surface area contributed by atoms with Gasteiger partial charge in [-0.25, -0.2) is 4.98 Å². The molecule has 1 atom stereocenters. The van der Waals surface area contributed by atoms with Crippen LogP contribution >= 0.6 is 0 Å². The van der Waals surface area contributed by atoms with Crippen molar-refractivity contribution in [1.82, 2.24) is 9.88 Å². The number of hydrogen-bond acceptors (Lipinski definition) is 4. The molecule has 1 amide bonds. The minimum absolute atomic E-state index is 0.0430. The zero-order valence-electron chi connectivity index (χ0n) is 10.8. The Hall–Kier alpha value is -1.62. The predicted octanol–water partition coefficient (Wildman–Crippen LogP) is 0.567. The largest absolute Gasteiger partial charge is 0.356 e. The molecule has 1 unspecified atom stereocenters. The number of likely N-dealkylation sites (N-methyl/N-ethyl adjacent to an activating group) is 1. The Bertz CT molecular complexity index is 375. The summed E-state index contributed by atoms with van der Waals surface area (Å²) in [6.45, 7) is 2.59. The van der Waals surface area contributed by atoms with Gasteiger partial charge in [-0.05, 0) is 19.1 Å². The van der Waals surface area contributed by atoms with Gasteiger partial charge < -0.3 is 15.5 Å². The molecule has 2 N–H and O–H groups in total. The molecule has 94 valence electrons. The maximum absolute atomic E-state index is 11.7. The molecule has 0 saturated carbocycles. The summed E-state index contributed by atoms with van der Waals surface area (Å²) < 4.78 is 0. The third-order valence-electron chi connectivity index (χ3n) is 2.76. The van der Waals surface area contributed by atoms with E-state index in [1.54, 1.807) is 26.4 Å². The fourth-order valence-electron chi connectivity index (χ4n) is 1.36. The summed E-state index contributed by atoms with van der Waals surface area (Å²) in [5.74, 6) is 0.775. The second kappa shape index (κ2) is 5.63. The number of hydrogen-bond donors (Lipinski definition) is 1. The Balaban J connectivity index is 2.84. The SMILES string of the molecule is CC(CN)N(C)c1ccc(C(=O)N(C)C)cn1. The second-order valence-corrected chi connectivity index (χ2v) is 4.30. The highest BCUT2D eigenvalue weighted by Crippen LogP contribution is 2.12. The van der Waals surface area contributed by atoms with Gasteiger partial charge in [0, 0.05) is 39.9 Å². The van der Waals surface area contributed by atoms with Gasteiger partial charge in [-0.3, -0.25) is 4.79 Å². The lowest BCUT2D eigenvalue weighted by molar-refractivity contribution is 0.0827. The van der Waals surface area contributed by atoms with Gasteiger partial charge in [0.2, 0.25) is 0 Å². The van der Waals surface area contributed by atoms with Crippen molar-refractivity contribution in [2.24, 2.45) is 5.73 Å². The summed E-state index contributed by atoms with van der Waals surface area (Å²) in [5.41, 5.74) is 6.19.